The molecule has 0 aliphatic heterocycles. The van der Waals surface area contributed by atoms with Crippen LogP contribution >= 0.6 is 0 Å². The maximum Gasteiger partial charge on any atom is 0.122 e. The van der Waals surface area contributed by atoms with E-state index in [9.17, 15) is 0 Å². The smallest absolute Gasteiger partial charge is 0.122 e. The van der Waals surface area contributed by atoms with Gasteiger partial charge in [0.15, 0.2) is 0 Å². The molecular formula is C18H23NO2. The van der Waals surface area contributed by atoms with Gasteiger partial charge in [-0.1, -0.05) is 35.9 Å². The lowest BCUT2D eigenvalue weighted by atomic mass is 10.0. The highest BCUT2D eigenvalue weighted by Crippen LogP contribution is 2.21. The van der Waals surface area contributed by atoms with Crippen molar-refractivity contribution in [2.24, 2.45) is 5.73 Å². The first-order valence-electron chi connectivity index (χ1n) is 7.26. The van der Waals surface area contributed by atoms with Gasteiger partial charge in [0.05, 0.1) is 13.7 Å². The van der Waals surface area contributed by atoms with Gasteiger partial charge in [-0.15, -0.1) is 0 Å². The first-order chi connectivity index (χ1) is 10.2. The molecule has 0 saturated carbocycles. The lowest BCUT2D eigenvalue weighted by Crippen LogP contribution is -2.25. The van der Waals surface area contributed by atoms with Gasteiger partial charge in [0.1, 0.15) is 11.5 Å². The van der Waals surface area contributed by atoms with E-state index in [1.54, 1.807) is 7.11 Å². The summed E-state index contributed by atoms with van der Waals surface area (Å²) in [4.78, 5) is 0. The molecule has 0 saturated heterocycles. The normalized spacial score (nSPS) is 12.0. The van der Waals surface area contributed by atoms with Crippen LogP contribution in [0.15, 0.2) is 48.5 Å². The SMILES string of the molecule is COc1ccc(C)cc1CC(N)CCOc1ccccc1. The van der Waals surface area contributed by atoms with Crippen molar-refractivity contribution in [3.8, 4) is 11.5 Å². The molecule has 0 fully saturated rings. The Morgan fingerprint density at radius 1 is 1.10 bits per heavy atom. The number of methoxy groups -OCH3 is 1. The summed E-state index contributed by atoms with van der Waals surface area (Å²) >= 11 is 0. The molecule has 0 spiro atoms. The highest BCUT2D eigenvalue weighted by atomic mass is 16.5. The van der Waals surface area contributed by atoms with Crippen LogP contribution in [-0.4, -0.2) is 19.8 Å². The molecule has 21 heavy (non-hydrogen) atoms. The third-order valence-corrected chi connectivity index (χ3v) is 3.42. The molecule has 2 rings (SSSR count). The van der Waals surface area contributed by atoms with Gasteiger partial charge in [-0.25, -0.2) is 0 Å². The summed E-state index contributed by atoms with van der Waals surface area (Å²) in [6.45, 7) is 2.70. The van der Waals surface area contributed by atoms with Crippen LogP contribution < -0.4 is 15.2 Å². The Morgan fingerprint density at radius 3 is 2.57 bits per heavy atom. The fourth-order valence-corrected chi connectivity index (χ4v) is 2.30. The molecule has 112 valence electrons. The second-order valence-electron chi connectivity index (χ2n) is 5.23. The number of rotatable bonds is 7. The van der Waals surface area contributed by atoms with Gasteiger partial charge < -0.3 is 15.2 Å². The summed E-state index contributed by atoms with van der Waals surface area (Å²) in [5.41, 5.74) is 8.59. The number of ether oxygens (including phenoxy) is 2. The van der Waals surface area contributed by atoms with Crippen LogP contribution in [-0.2, 0) is 6.42 Å². The first kappa shape index (κ1) is 15.4. The van der Waals surface area contributed by atoms with Gasteiger partial charge in [-0.05, 0) is 43.5 Å². The van der Waals surface area contributed by atoms with Gasteiger partial charge in [0.2, 0.25) is 0 Å². The molecule has 3 heteroatoms. The van der Waals surface area contributed by atoms with E-state index in [-0.39, 0.29) is 6.04 Å². The van der Waals surface area contributed by atoms with Crippen LogP contribution in [0.5, 0.6) is 11.5 Å². The van der Waals surface area contributed by atoms with E-state index in [2.05, 4.69) is 13.0 Å². The summed E-state index contributed by atoms with van der Waals surface area (Å²) in [6, 6.07) is 16.1. The highest BCUT2D eigenvalue weighted by molar-refractivity contribution is 5.37. The summed E-state index contributed by atoms with van der Waals surface area (Å²) in [5.74, 6) is 1.79. The van der Waals surface area contributed by atoms with E-state index in [4.69, 9.17) is 15.2 Å². The van der Waals surface area contributed by atoms with Crippen LogP contribution in [0.1, 0.15) is 17.5 Å². The Kier molecular flexibility index (Phi) is 5.64. The second-order valence-corrected chi connectivity index (χ2v) is 5.23. The van der Waals surface area contributed by atoms with Crippen LogP contribution in [0.4, 0.5) is 0 Å². The standard InChI is InChI=1S/C18H23NO2/c1-14-8-9-18(20-2)15(12-14)13-16(19)10-11-21-17-6-4-3-5-7-17/h3-9,12,16H,10-11,13,19H2,1-2H3. The molecule has 2 aromatic rings. The number of hydrogen-bond donors (Lipinski definition) is 1. The molecule has 1 unspecified atom stereocenters. The van der Waals surface area contributed by atoms with Crippen molar-refractivity contribution in [2.45, 2.75) is 25.8 Å². The van der Waals surface area contributed by atoms with E-state index in [1.807, 2.05) is 42.5 Å². The fraction of sp³-hybridized carbons (Fsp3) is 0.333. The molecule has 0 bridgehead atoms. The largest absolute Gasteiger partial charge is 0.496 e. The van der Waals surface area contributed by atoms with Gasteiger partial charge in [-0.3, -0.25) is 0 Å². The maximum atomic E-state index is 6.21. The zero-order valence-corrected chi connectivity index (χ0v) is 12.7. The molecule has 2 N–H and O–H groups in total. The lowest BCUT2D eigenvalue weighted by molar-refractivity contribution is 0.296. The Morgan fingerprint density at radius 2 is 1.86 bits per heavy atom. The number of nitrogens with two attached hydrogens (primary N) is 1. The molecule has 0 aliphatic carbocycles. The summed E-state index contributed by atoms with van der Waals surface area (Å²) < 4.78 is 11.1. The van der Waals surface area contributed by atoms with E-state index < -0.39 is 0 Å². The van der Waals surface area contributed by atoms with Crippen molar-refractivity contribution < 1.29 is 9.47 Å². The molecule has 0 radical (unpaired) electrons. The van der Waals surface area contributed by atoms with Crippen molar-refractivity contribution in [3.05, 3.63) is 59.7 Å². The number of aryl methyl sites for hydroxylation is 1. The van der Waals surface area contributed by atoms with Crippen LogP contribution in [0.2, 0.25) is 0 Å². The van der Waals surface area contributed by atoms with Crippen molar-refractivity contribution in [2.75, 3.05) is 13.7 Å². The van der Waals surface area contributed by atoms with Gasteiger partial charge in [0, 0.05) is 6.04 Å². The molecule has 2 aromatic carbocycles. The Bertz CT molecular complexity index is 554. The number of benzene rings is 2. The Hall–Kier alpha value is -2.00. The van der Waals surface area contributed by atoms with Crippen molar-refractivity contribution >= 4 is 0 Å². The molecule has 0 heterocycles. The van der Waals surface area contributed by atoms with Crippen LogP contribution in [0.3, 0.4) is 0 Å². The zero-order chi connectivity index (χ0) is 15.1. The third-order valence-electron chi connectivity index (χ3n) is 3.42. The predicted molar refractivity (Wildman–Crippen MR) is 86.0 cm³/mol. The van der Waals surface area contributed by atoms with E-state index in [1.165, 1.54) is 5.56 Å². The van der Waals surface area contributed by atoms with E-state index >= 15 is 0 Å². The van der Waals surface area contributed by atoms with Crippen LogP contribution in [0.25, 0.3) is 0 Å². The van der Waals surface area contributed by atoms with Crippen LogP contribution in [0, 0.1) is 6.92 Å². The van der Waals surface area contributed by atoms with Gasteiger partial charge in [0.25, 0.3) is 0 Å². The monoisotopic (exact) mass is 285 g/mol. The topological polar surface area (TPSA) is 44.5 Å². The predicted octanol–water partition coefficient (Wildman–Crippen LogP) is 3.34. The fourth-order valence-electron chi connectivity index (χ4n) is 2.30. The average molecular weight is 285 g/mol. The van der Waals surface area contributed by atoms with Gasteiger partial charge >= 0.3 is 0 Å². The minimum atomic E-state index is 0.0596. The Labute approximate surface area is 126 Å². The van der Waals surface area contributed by atoms with E-state index in [0.717, 1.165) is 29.9 Å². The molecule has 0 aliphatic rings. The molecular weight excluding hydrogens is 262 g/mol. The zero-order valence-electron chi connectivity index (χ0n) is 12.7. The summed E-state index contributed by atoms with van der Waals surface area (Å²) in [6.07, 6.45) is 1.61. The molecule has 0 aromatic heterocycles. The minimum Gasteiger partial charge on any atom is -0.496 e. The Balaban J connectivity index is 1.84. The average Bonchev–Trinajstić information content (AvgIpc) is 2.48. The highest BCUT2D eigenvalue weighted by Gasteiger charge is 2.09. The molecule has 1 atom stereocenters. The quantitative estimate of drug-likeness (QED) is 0.848. The number of hydrogen-bond acceptors (Lipinski definition) is 3. The first-order valence-corrected chi connectivity index (χ1v) is 7.26. The maximum absolute atomic E-state index is 6.21. The van der Waals surface area contributed by atoms with Crippen molar-refractivity contribution in [3.63, 3.8) is 0 Å². The van der Waals surface area contributed by atoms with Gasteiger partial charge in [-0.2, -0.15) is 0 Å². The number of para-hydroxylation sites is 1. The molecule has 0 amide bonds. The summed E-state index contributed by atoms with van der Waals surface area (Å²) in [5, 5.41) is 0. The second kappa shape index (κ2) is 7.70. The van der Waals surface area contributed by atoms with Crippen molar-refractivity contribution in [1.29, 1.82) is 0 Å². The minimum absolute atomic E-state index is 0.0596. The third kappa shape index (κ3) is 4.80. The lowest BCUT2D eigenvalue weighted by Gasteiger charge is -2.15. The summed E-state index contributed by atoms with van der Waals surface area (Å²) in [7, 11) is 1.69. The van der Waals surface area contributed by atoms with Crippen molar-refractivity contribution in [1.82, 2.24) is 0 Å². The van der Waals surface area contributed by atoms with E-state index in [0.29, 0.717) is 6.61 Å². The molecule has 3 nitrogen and oxygen atoms in total.